The highest BCUT2D eigenvalue weighted by atomic mass is 79.9. The first-order chi connectivity index (χ1) is 6.20. The fourth-order valence-corrected chi connectivity index (χ4v) is 2.02. The lowest BCUT2D eigenvalue weighted by Gasteiger charge is -2.12. The molecule has 1 aliphatic rings. The van der Waals surface area contributed by atoms with Gasteiger partial charge in [0.15, 0.2) is 0 Å². The Bertz CT molecular complexity index is 302. The van der Waals surface area contributed by atoms with E-state index in [1.165, 1.54) is 6.07 Å². The number of aliphatic hydroxyl groups is 1. The van der Waals surface area contributed by atoms with E-state index in [-0.39, 0.29) is 11.7 Å². The molecule has 0 spiro atoms. The average molecular weight is 245 g/mol. The van der Waals surface area contributed by atoms with Gasteiger partial charge in [-0.3, -0.25) is 0 Å². The zero-order valence-electron chi connectivity index (χ0n) is 7.00. The van der Waals surface area contributed by atoms with Crippen molar-refractivity contribution in [2.75, 3.05) is 0 Å². The summed E-state index contributed by atoms with van der Waals surface area (Å²) < 4.78 is 14.0. The molecule has 2 rings (SSSR count). The maximum Gasteiger partial charge on any atom is 0.130 e. The largest absolute Gasteiger partial charge is 0.388 e. The number of benzene rings is 1. The number of hydrogen-bond acceptors (Lipinski definition) is 1. The van der Waals surface area contributed by atoms with Gasteiger partial charge < -0.3 is 5.11 Å². The number of rotatable bonds is 2. The minimum absolute atomic E-state index is 0.258. The second kappa shape index (κ2) is 3.39. The van der Waals surface area contributed by atoms with Gasteiger partial charge in [0.05, 0.1) is 6.10 Å². The quantitative estimate of drug-likeness (QED) is 0.849. The predicted octanol–water partition coefficient (Wildman–Crippen LogP) is 3.03. The van der Waals surface area contributed by atoms with Gasteiger partial charge in [-0.1, -0.05) is 22.0 Å². The summed E-state index contributed by atoms with van der Waals surface area (Å²) in [5, 5.41) is 9.75. The van der Waals surface area contributed by atoms with Gasteiger partial charge in [-0.05, 0) is 30.9 Å². The molecule has 1 nitrogen and oxygen atoms in total. The normalized spacial score (nSPS) is 18.7. The average Bonchev–Trinajstić information content (AvgIpc) is 2.85. The van der Waals surface area contributed by atoms with Crippen molar-refractivity contribution in [1.82, 2.24) is 0 Å². The van der Waals surface area contributed by atoms with E-state index in [2.05, 4.69) is 15.9 Å². The van der Waals surface area contributed by atoms with E-state index in [9.17, 15) is 9.50 Å². The molecule has 3 heteroatoms. The third kappa shape index (κ3) is 1.76. The van der Waals surface area contributed by atoms with E-state index >= 15 is 0 Å². The molecule has 70 valence electrons. The van der Waals surface area contributed by atoms with Crippen molar-refractivity contribution < 1.29 is 9.50 Å². The van der Waals surface area contributed by atoms with Crippen LogP contribution in [0.2, 0.25) is 0 Å². The van der Waals surface area contributed by atoms with Gasteiger partial charge in [-0.2, -0.15) is 0 Å². The summed E-state index contributed by atoms with van der Waals surface area (Å²) in [4.78, 5) is 0. The molecule has 0 aromatic heterocycles. The Labute approximate surface area is 84.7 Å². The molecule has 1 aromatic rings. The van der Waals surface area contributed by atoms with Crippen LogP contribution in [0.25, 0.3) is 0 Å². The fraction of sp³-hybridized carbons (Fsp3) is 0.400. The molecule has 13 heavy (non-hydrogen) atoms. The molecule has 0 heterocycles. The van der Waals surface area contributed by atoms with Crippen LogP contribution in [0.1, 0.15) is 24.5 Å². The molecular formula is C10H10BrFO. The van der Waals surface area contributed by atoms with Crippen molar-refractivity contribution in [1.29, 1.82) is 0 Å². The van der Waals surface area contributed by atoms with Gasteiger partial charge in [0.2, 0.25) is 0 Å². The van der Waals surface area contributed by atoms with Crippen LogP contribution in [0.3, 0.4) is 0 Å². The summed E-state index contributed by atoms with van der Waals surface area (Å²) in [6.07, 6.45) is 1.36. The molecule has 0 bridgehead atoms. The van der Waals surface area contributed by atoms with Crippen molar-refractivity contribution >= 4 is 15.9 Å². The summed E-state index contributed by atoms with van der Waals surface area (Å²) >= 11 is 3.24. The maximum atomic E-state index is 13.3. The van der Waals surface area contributed by atoms with Gasteiger partial charge >= 0.3 is 0 Å². The first kappa shape index (κ1) is 9.16. The summed E-state index contributed by atoms with van der Waals surface area (Å²) in [6.45, 7) is 0. The third-order valence-corrected chi connectivity index (χ3v) is 3.06. The third-order valence-electron chi connectivity index (χ3n) is 2.36. The van der Waals surface area contributed by atoms with E-state index in [4.69, 9.17) is 0 Å². The molecule has 1 aliphatic carbocycles. The fourth-order valence-electron chi connectivity index (χ4n) is 1.44. The van der Waals surface area contributed by atoms with Gasteiger partial charge in [0.1, 0.15) is 5.82 Å². The second-order valence-corrected chi connectivity index (χ2v) is 4.27. The minimum atomic E-state index is -0.643. The monoisotopic (exact) mass is 244 g/mol. The van der Waals surface area contributed by atoms with E-state index in [1.807, 2.05) is 0 Å². The Balaban J connectivity index is 2.36. The van der Waals surface area contributed by atoms with Crippen LogP contribution in [0.15, 0.2) is 22.7 Å². The standard InChI is InChI=1S/C10H10BrFO/c11-7-2-1-3-8(12)9(7)10(13)6-4-5-6/h1-3,6,10,13H,4-5H2. The Hall–Kier alpha value is -0.410. The molecule has 1 atom stereocenters. The molecule has 1 fully saturated rings. The van der Waals surface area contributed by atoms with Crippen LogP contribution >= 0.6 is 15.9 Å². The number of aliphatic hydroxyl groups excluding tert-OH is 1. The highest BCUT2D eigenvalue weighted by Crippen LogP contribution is 2.43. The SMILES string of the molecule is OC(c1c(F)cccc1Br)C1CC1. The van der Waals surface area contributed by atoms with Crippen LogP contribution < -0.4 is 0 Å². The van der Waals surface area contributed by atoms with Crippen molar-refractivity contribution in [3.05, 3.63) is 34.1 Å². The molecule has 1 unspecified atom stereocenters. The topological polar surface area (TPSA) is 20.2 Å². The van der Waals surface area contributed by atoms with Crippen molar-refractivity contribution in [3.63, 3.8) is 0 Å². The second-order valence-electron chi connectivity index (χ2n) is 3.42. The van der Waals surface area contributed by atoms with Crippen LogP contribution in [0, 0.1) is 11.7 Å². The molecule has 1 aromatic carbocycles. The van der Waals surface area contributed by atoms with Crippen LogP contribution in [0.4, 0.5) is 4.39 Å². The van der Waals surface area contributed by atoms with E-state index in [0.717, 1.165) is 12.8 Å². The summed E-state index contributed by atoms with van der Waals surface area (Å²) in [7, 11) is 0. The molecule has 0 saturated heterocycles. The van der Waals surface area contributed by atoms with Gasteiger partial charge in [0.25, 0.3) is 0 Å². The highest BCUT2D eigenvalue weighted by molar-refractivity contribution is 9.10. The lowest BCUT2D eigenvalue weighted by Crippen LogP contribution is -2.03. The number of hydrogen-bond donors (Lipinski definition) is 1. The van der Waals surface area contributed by atoms with Crippen LogP contribution in [0.5, 0.6) is 0 Å². The Morgan fingerprint density at radius 2 is 2.15 bits per heavy atom. The lowest BCUT2D eigenvalue weighted by atomic mass is 10.1. The highest BCUT2D eigenvalue weighted by Gasteiger charge is 2.33. The van der Waals surface area contributed by atoms with E-state index in [0.29, 0.717) is 10.0 Å². The van der Waals surface area contributed by atoms with Crippen molar-refractivity contribution in [2.24, 2.45) is 5.92 Å². The first-order valence-corrected chi connectivity index (χ1v) is 5.11. The van der Waals surface area contributed by atoms with Gasteiger partial charge in [-0.15, -0.1) is 0 Å². The smallest absolute Gasteiger partial charge is 0.130 e. The predicted molar refractivity (Wildman–Crippen MR) is 51.8 cm³/mol. The van der Waals surface area contributed by atoms with Crippen LogP contribution in [-0.4, -0.2) is 5.11 Å². The van der Waals surface area contributed by atoms with Crippen molar-refractivity contribution in [2.45, 2.75) is 18.9 Å². The van der Waals surface area contributed by atoms with Crippen molar-refractivity contribution in [3.8, 4) is 0 Å². The van der Waals surface area contributed by atoms with E-state index < -0.39 is 6.10 Å². The van der Waals surface area contributed by atoms with Gasteiger partial charge in [0, 0.05) is 10.0 Å². The Morgan fingerprint density at radius 3 is 2.69 bits per heavy atom. The molecular weight excluding hydrogens is 235 g/mol. The summed E-state index contributed by atoms with van der Waals surface area (Å²) in [6, 6.07) is 4.76. The zero-order valence-corrected chi connectivity index (χ0v) is 8.59. The minimum Gasteiger partial charge on any atom is -0.388 e. The molecule has 0 amide bonds. The maximum absolute atomic E-state index is 13.3. The summed E-state index contributed by atoms with van der Waals surface area (Å²) in [5.74, 6) is -0.0676. The van der Waals surface area contributed by atoms with Crippen LogP contribution in [-0.2, 0) is 0 Å². The number of halogens is 2. The first-order valence-electron chi connectivity index (χ1n) is 4.32. The molecule has 0 aliphatic heterocycles. The molecule has 0 radical (unpaired) electrons. The van der Waals surface area contributed by atoms with E-state index in [1.54, 1.807) is 12.1 Å². The molecule has 1 saturated carbocycles. The summed E-state index contributed by atoms with van der Waals surface area (Å²) in [5.41, 5.74) is 0.407. The Morgan fingerprint density at radius 1 is 1.46 bits per heavy atom. The lowest BCUT2D eigenvalue weighted by molar-refractivity contribution is 0.148. The Kier molecular flexibility index (Phi) is 2.39. The zero-order chi connectivity index (χ0) is 9.42. The molecule has 1 N–H and O–H groups in total. The van der Waals surface area contributed by atoms with Gasteiger partial charge in [-0.25, -0.2) is 4.39 Å².